The van der Waals surface area contributed by atoms with Crippen LogP contribution >= 0.6 is 25.3 Å². The maximum atomic E-state index is 4.26. The lowest BCUT2D eigenvalue weighted by molar-refractivity contribution is 0.441. The summed E-state index contributed by atoms with van der Waals surface area (Å²) in [5.41, 5.74) is 0. The van der Waals surface area contributed by atoms with E-state index in [4.69, 9.17) is 0 Å². The van der Waals surface area contributed by atoms with Crippen molar-refractivity contribution in [2.24, 2.45) is 5.92 Å². The molecule has 0 fully saturated rings. The molecular formula is C16H34S2. The first-order valence-corrected chi connectivity index (χ1v) is 9.29. The topological polar surface area (TPSA) is 0 Å². The van der Waals surface area contributed by atoms with Crippen molar-refractivity contribution in [1.29, 1.82) is 0 Å². The summed E-state index contributed by atoms with van der Waals surface area (Å²) in [6, 6.07) is 0. The first-order chi connectivity index (χ1) is 8.81. The summed E-state index contributed by atoms with van der Waals surface area (Å²) < 4.78 is 0. The van der Waals surface area contributed by atoms with Crippen LogP contribution in [0.25, 0.3) is 0 Å². The van der Waals surface area contributed by atoms with Crippen LogP contribution in [0.1, 0.15) is 84.0 Å². The van der Waals surface area contributed by atoms with Gasteiger partial charge in [0.25, 0.3) is 0 Å². The lowest BCUT2D eigenvalue weighted by Crippen LogP contribution is -1.95. The van der Waals surface area contributed by atoms with Crippen molar-refractivity contribution in [3.8, 4) is 0 Å². The molecule has 0 saturated heterocycles. The van der Waals surface area contributed by atoms with Gasteiger partial charge < -0.3 is 0 Å². The average Bonchev–Trinajstić information content (AvgIpc) is 2.37. The molecule has 0 amide bonds. The van der Waals surface area contributed by atoms with Gasteiger partial charge in [0.05, 0.1) is 0 Å². The third kappa shape index (κ3) is 14.8. The van der Waals surface area contributed by atoms with Crippen LogP contribution in [0.2, 0.25) is 0 Å². The highest BCUT2D eigenvalue weighted by molar-refractivity contribution is 7.80. The molecule has 0 aliphatic rings. The molecule has 0 radical (unpaired) electrons. The Morgan fingerprint density at radius 2 is 0.889 bits per heavy atom. The van der Waals surface area contributed by atoms with Gasteiger partial charge in [-0.2, -0.15) is 25.3 Å². The van der Waals surface area contributed by atoms with Crippen LogP contribution in [-0.2, 0) is 0 Å². The van der Waals surface area contributed by atoms with Crippen molar-refractivity contribution >= 4 is 25.3 Å². The Hall–Kier alpha value is 0.700. The van der Waals surface area contributed by atoms with Crippen LogP contribution in [0.5, 0.6) is 0 Å². The maximum absolute atomic E-state index is 4.26. The summed E-state index contributed by atoms with van der Waals surface area (Å²) in [6.07, 6.45) is 16.8. The Kier molecular flexibility index (Phi) is 16.4. The molecule has 0 aromatic rings. The van der Waals surface area contributed by atoms with Gasteiger partial charge in [0, 0.05) is 0 Å². The molecule has 1 atom stereocenters. The number of hydrogen-bond acceptors (Lipinski definition) is 2. The molecule has 0 saturated carbocycles. The molecule has 0 aliphatic heterocycles. The standard InChI is InChI=1S/C16H34S2/c1-16(13-9-11-15-18)12-8-6-4-2-3-5-7-10-14-17/h16-18H,2-15H2,1H3. The van der Waals surface area contributed by atoms with Gasteiger partial charge in [-0.3, -0.25) is 0 Å². The Morgan fingerprint density at radius 1 is 0.556 bits per heavy atom. The van der Waals surface area contributed by atoms with E-state index in [-0.39, 0.29) is 0 Å². The molecule has 0 heterocycles. The van der Waals surface area contributed by atoms with Gasteiger partial charge in [-0.25, -0.2) is 0 Å². The molecule has 0 rings (SSSR count). The third-order valence-electron chi connectivity index (χ3n) is 3.71. The minimum atomic E-state index is 0.931. The number of unbranched alkanes of at least 4 members (excludes halogenated alkanes) is 8. The lowest BCUT2D eigenvalue weighted by Gasteiger charge is -2.10. The van der Waals surface area contributed by atoms with E-state index in [0.29, 0.717) is 0 Å². The summed E-state index contributed by atoms with van der Waals surface area (Å²) in [7, 11) is 0. The van der Waals surface area contributed by atoms with Gasteiger partial charge in [0.1, 0.15) is 0 Å². The molecule has 0 bridgehead atoms. The molecular weight excluding hydrogens is 256 g/mol. The lowest BCUT2D eigenvalue weighted by atomic mass is 9.97. The highest BCUT2D eigenvalue weighted by Crippen LogP contribution is 2.17. The largest absolute Gasteiger partial charge is 0.179 e. The molecule has 0 N–H and O–H groups in total. The molecule has 0 nitrogen and oxygen atoms in total. The quantitative estimate of drug-likeness (QED) is 0.278. The molecule has 18 heavy (non-hydrogen) atoms. The average molecular weight is 291 g/mol. The Balaban J connectivity index is 3.05. The first-order valence-electron chi connectivity index (χ1n) is 8.03. The van der Waals surface area contributed by atoms with Gasteiger partial charge in [0.2, 0.25) is 0 Å². The molecule has 110 valence electrons. The van der Waals surface area contributed by atoms with Gasteiger partial charge >= 0.3 is 0 Å². The van der Waals surface area contributed by atoms with Crippen LogP contribution in [0.3, 0.4) is 0 Å². The van der Waals surface area contributed by atoms with Crippen LogP contribution in [0, 0.1) is 5.92 Å². The van der Waals surface area contributed by atoms with E-state index >= 15 is 0 Å². The number of thiol groups is 2. The van der Waals surface area contributed by atoms with Crippen LogP contribution in [0.4, 0.5) is 0 Å². The normalized spacial score (nSPS) is 12.8. The van der Waals surface area contributed by atoms with E-state index in [1.807, 2.05) is 0 Å². The Bertz CT molecular complexity index is 148. The predicted octanol–water partition coefficient (Wildman–Crippen LogP) is 6.16. The van der Waals surface area contributed by atoms with Crippen molar-refractivity contribution in [3.63, 3.8) is 0 Å². The number of rotatable bonds is 14. The first kappa shape index (κ1) is 18.7. The van der Waals surface area contributed by atoms with E-state index in [0.717, 1.165) is 17.4 Å². The van der Waals surface area contributed by atoms with Crippen molar-refractivity contribution in [1.82, 2.24) is 0 Å². The zero-order valence-electron chi connectivity index (χ0n) is 12.4. The van der Waals surface area contributed by atoms with E-state index in [1.165, 1.54) is 77.0 Å². The van der Waals surface area contributed by atoms with Crippen LogP contribution in [-0.4, -0.2) is 11.5 Å². The van der Waals surface area contributed by atoms with E-state index in [2.05, 4.69) is 32.2 Å². The van der Waals surface area contributed by atoms with Gasteiger partial charge in [-0.05, 0) is 30.3 Å². The molecule has 0 spiro atoms. The zero-order chi connectivity index (χ0) is 13.5. The Labute approximate surface area is 127 Å². The van der Waals surface area contributed by atoms with Gasteiger partial charge in [0.15, 0.2) is 0 Å². The molecule has 2 heteroatoms. The molecule has 0 aliphatic carbocycles. The summed E-state index contributed by atoms with van der Waals surface area (Å²) in [4.78, 5) is 0. The van der Waals surface area contributed by atoms with E-state index in [9.17, 15) is 0 Å². The minimum absolute atomic E-state index is 0.931. The maximum Gasteiger partial charge on any atom is -0.00979 e. The van der Waals surface area contributed by atoms with Crippen molar-refractivity contribution < 1.29 is 0 Å². The Morgan fingerprint density at radius 3 is 1.39 bits per heavy atom. The van der Waals surface area contributed by atoms with Crippen LogP contribution in [0.15, 0.2) is 0 Å². The van der Waals surface area contributed by atoms with E-state index in [1.54, 1.807) is 0 Å². The minimum Gasteiger partial charge on any atom is -0.179 e. The SMILES string of the molecule is CC(CCCCS)CCCCCCCCCCS. The fourth-order valence-corrected chi connectivity index (χ4v) is 2.86. The second kappa shape index (κ2) is 15.8. The smallest absolute Gasteiger partial charge is 0.00979 e. The summed E-state index contributed by atoms with van der Waals surface area (Å²) in [6.45, 7) is 2.41. The highest BCUT2D eigenvalue weighted by Gasteiger charge is 2.01. The second-order valence-electron chi connectivity index (χ2n) is 5.67. The highest BCUT2D eigenvalue weighted by atomic mass is 32.1. The second-order valence-corrected chi connectivity index (χ2v) is 6.56. The fourth-order valence-electron chi connectivity index (χ4n) is 2.41. The molecule has 0 aromatic carbocycles. The monoisotopic (exact) mass is 290 g/mol. The van der Waals surface area contributed by atoms with Crippen molar-refractivity contribution in [3.05, 3.63) is 0 Å². The van der Waals surface area contributed by atoms with Crippen molar-refractivity contribution in [2.75, 3.05) is 11.5 Å². The van der Waals surface area contributed by atoms with Gasteiger partial charge in [-0.15, -0.1) is 0 Å². The predicted molar refractivity (Wildman–Crippen MR) is 92.3 cm³/mol. The summed E-state index contributed by atoms with van der Waals surface area (Å²) >= 11 is 8.50. The third-order valence-corrected chi connectivity index (χ3v) is 4.34. The van der Waals surface area contributed by atoms with Crippen LogP contribution < -0.4 is 0 Å². The number of hydrogen-bond donors (Lipinski definition) is 2. The summed E-state index contributed by atoms with van der Waals surface area (Å²) in [5.74, 6) is 3.05. The molecule has 0 aromatic heterocycles. The van der Waals surface area contributed by atoms with Gasteiger partial charge in [-0.1, -0.05) is 71.1 Å². The molecule has 1 unspecified atom stereocenters. The van der Waals surface area contributed by atoms with Crippen molar-refractivity contribution in [2.45, 2.75) is 84.0 Å². The fraction of sp³-hybridized carbons (Fsp3) is 1.00. The zero-order valence-corrected chi connectivity index (χ0v) is 14.2. The van der Waals surface area contributed by atoms with E-state index < -0.39 is 0 Å². The summed E-state index contributed by atoms with van der Waals surface area (Å²) in [5, 5.41) is 0.